The third-order valence-corrected chi connectivity index (χ3v) is 4.74. The number of rotatable bonds is 10. The van der Waals surface area contributed by atoms with Crippen LogP contribution in [0.2, 0.25) is 0 Å². The number of carbonyl (C=O) groups excluding carboxylic acids is 1. The number of nitrogens with two attached hydrogens (primary N) is 1. The smallest absolute Gasteiger partial charge is 0.332 e. The van der Waals surface area contributed by atoms with Gasteiger partial charge in [-0.2, -0.15) is 0 Å². The summed E-state index contributed by atoms with van der Waals surface area (Å²) in [5, 5.41) is 10.7. The fourth-order valence-corrected chi connectivity index (χ4v) is 3.14. The maximum absolute atomic E-state index is 12.6. The maximum atomic E-state index is 12.6. The zero-order chi connectivity index (χ0) is 22.9. The molecule has 174 valence electrons. The lowest BCUT2D eigenvalue weighted by molar-refractivity contribution is -0.141. The highest BCUT2D eigenvalue weighted by molar-refractivity contribution is 5.95. The van der Waals surface area contributed by atoms with Gasteiger partial charge in [0.2, 0.25) is 0 Å². The molecule has 0 spiro atoms. The monoisotopic (exact) mass is 469 g/mol. The van der Waals surface area contributed by atoms with Gasteiger partial charge in [0.1, 0.15) is 23.9 Å². The minimum absolute atomic E-state index is 0. The van der Waals surface area contributed by atoms with E-state index in [0.29, 0.717) is 41.5 Å². The van der Waals surface area contributed by atoms with Crippen LogP contribution in [-0.2, 0) is 16.1 Å². The lowest BCUT2D eigenvalue weighted by atomic mass is 10.0. The Kier molecular flexibility index (Phi) is 9.57. The predicted octanol–water partition coefficient (Wildman–Crippen LogP) is 4.70. The quantitative estimate of drug-likeness (QED) is 0.226. The molecule has 0 radical (unpaired) electrons. The number of carbonyl (C=O) groups is 1. The highest BCUT2D eigenvalue weighted by Gasteiger charge is 2.23. The standard InChI is InChI=1S/C25H27N3O4.ClH/c1-3-31-21-13-19(14-22(15-21)32-16-17-7-5-4-6-8-17)23(25(29)30-2)28-20-11-9-18(10-12-20)24(26)27;/h4-15,23,28H,3,16H2,1-2H3,(H3,26,27);1H. The van der Waals surface area contributed by atoms with Crippen LogP contribution in [0.15, 0.2) is 72.8 Å². The molecular weight excluding hydrogens is 442 g/mol. The second kappa shape index (κ2) is 12.4. The van der Waals surface area contributed by atoms with Crippen LogP contribution in [0.1, 0.15) is 29.7 Å². The van der Waals surface area contributed by atoms with Gasteiger partial charge in [-0.1, -0.05) is 30.3 Å². The number of halogens is 1. The van der Waals surface area contributed by atoms with Gasteiger partial charge in [-0.15, -0.1) is 12.4 Å². The molecule has 0 amide bonds. The Morgan fingerprint density at radius 1 is 1.00 bits per heavy atom. The molecule has 1 unspecified atom stereocenters. The number of anilines is 1. The summed E-state index contributed by atoms with van der Waals surface area (Å²) in [5.41, 5.74) is 8.47. The SMILES string of the molecule is CCOc1cc(OCc2ccccc2)cc(C(Nc2ccc(C(=N)N)cc2)C(=O)OC)c1.Cl. The number of ether oxygens (including phenoxy) is 3. The van der Waals surface area contributed by atoms with Crippen molar-refractivity contribution in [2.75, 3.05) is 19.0 Å². The number of nitrogen functional groups attached to an aromatic ring is 1. The van der Waals surface area contributed by atoms with E-state index in [1.54, 1.807) is 42.5 Å². The van der Waals surface area contributed by atoms with Crippen LogP contribution in [0.4, 0.5) is 5.69 Å². The molecule has 0 bridgehead atoms. The van der Waals surface area contributed by atoms with Crippen molar-refractivity contribution in [3.8, 4) is 11.5 Å². The zero-order valence-electron chi connectivity index (χ0n) is 18.5. The summed E-state index contributed by atoms with van der Waals surface area (Å²) in [6, 6.07) is 21.4. The molecule has 0 aliphatic heterocycles. The molecule has 4 N–H and O–H groups in total. The highest BCUT2D eigenvalue weighted by atomic mass is 35.5. The lowest BCUT2D eigenvalue weighted by Gasteiger charge is -2.20. The van der Waals surface area contributed by atoms with E-state index < -0.39 is 12.0 Å². The summed E-state index contributed by atoms with van der Waals surface area (Å²) in [7, 11) is 1.34. The number of amidine groups is 1. The summed E-state index contributed by atoms with van der Waals surface area (Å²) in [4.78, 5) is 12.6. The average molecular weight is 470 g/mol. The van der Waals surface area contributed by atoms with Crippen molar-refractivity contribution in [1.82, 2.24) is 0 Å². The second-order valence-electron chi connectivity index (χ2n) is 7.04. The Morgan fingerprint density at radius 2 is 1.64 bits per heavy atom. The van der Waals surface area contributed by atoms with Crippen molar-refractivity contribution < 1.29 is 19.0 Å². The Bertz CT molecular complexity index is 1060. The van der Waals surface area contributed by atoms with Crippen LogP contribution >= 0.6 is 12.4 Å². The molecule has 0 saturated carbocycles. The topological polar surface area (TPSA) is 107 Å². The van der Waals surface area contributed by atoms with E-state index in [9.17, 15) is 4.79 Å². The van der Waals surface area contributed by atoms with Crippen LogP contribution in [0, 0.1) is 5.41 Å². The van der Waals surface area contributed by atoms with Gasteiger partial charge in [-0.3, -0.25) is 5.41 Å². The van der Waals surface area contributed by atoms with E-state index in [2.05, 4.69) is 5.32 Å². The summed E-state index contributed by atoms with van der Waals surface area (Å²) in [6.45, 7) is 2.76. The molecule has 0 fully saturated rings. The van der Waals surface area contributed by atoms with Crippen molar-refractivity contribution in [3.63, 3.8) is 0 Å². The van der Waals surface area contributed by atoms with E-state index >= 15 is 0 Å². The van der Waals surface area contributed by atoms with E-state index in [4.69, 9.17) is 25.4 Å². The Hall–Kier alpha value is -3.71. The first-order chi connectivity index (χ1) is 15.5. The Labute approximate surface area is 199 Å². The number of esters is 1. The summed E-state index contributed by atoms with van der Waals surface area (Å²) >= 11 is 0. The van der Waals surface area contributed by atoms with Gasteiger partial charge in [-0.05, 0) is 54.4 Å². The van der Waals surface area contributed by atoms with Crippen LogP contribution in [0.5, 0.6) is 11.5 Å². The second-order valence-corrected chi connectivity index (χ2v) is 7.04. The highest BCUT2D eigenvalue weighted by Crippen LogP contribution is 2.30. The normalized spacial score (nSPS) is 11.0. The third-order valence-electron chi connectivity index (χ3n) is 4.74. The molecule has 1 atom stereocenters. The van der Waals surface area contributed by atoms with Crippen LogP contribution < -0.4 is 20.5 Å². The van der Waals surface area contributed by atoms with Crippen LogP contribution in [0.25, 0.3) is 0 Å². The van der Waals surface area contributed by atoms with E-state index in [1.807, 2.05) is 37.3 Å². The fraction of sp³-hybridized carbons (Fsp3) is 0.200. The van der Waals surface area contributed by atoms with E-state index in [1.165, 1.54) is 7.11 Å². The van der Waals surface area contributed by atoms with E-state index in [-0.39, 0.29) is 18.2 Å². The lowest BCUT2D eigenvalue weighted by Crippen LogP contribution is -2.22. The first kappa shape index (κ1) is 25.5. The van der Waals surface area contributed by atoms with Crippen molar-refractivity contribution in [2.45, 2.75) is 19.6 Å². The molecule has 0 aliphatic carbocycles. The molecule has 0 heterocycles. The van der Waals surface area contributed by atoms with Gasteiger partial charge >= 0.3 is 5.97 Å². The van der Waals surface area contributed by atoms with Gasteiger partial charge < -0.3 is 25.3 Å². The summed E-state index contributed by atoms with van der Waals surface area (Å²) in [5.74, 6) is 0.696. The number of nitrogens with one attached hydrogen (secondary N) is 2. The minimum Gasteiger partial charge on any atom is -0.494 e. The molecule has 8 heteroatoms. The van der Waals surface area contributed by atoms with Crippen LogP contribution in [0.3, 0.4) is 0 Å². The number of benzene rings is 3. The summed E-state index contributed by atoms with van der Waals surface area (Å²) < 4.78 is 16.7. The number of hydrogen-bond acceptors (Lipinski definition) is 6. The third kappa shape index (κ3) is 7.15. The van der Waals surface area contributed by atoms with Gasteiger partial charge in [0.05, 0.1) is 13.7 Å². The van der Waals surface area contributed by atoms with E-state index in [0.717, 1.165) is 5.56 Å². The number of methoxy groups -OCH3 is 1. The molecule has 0 aliphatic rings. The molecule has 0 aromatic heterocycles. The van der Waals surface area contributed by atoms with Crippen LogP contribution in [-0.4, -0.2) is 25.5 Å². The Morgan fingerprint density at radius 3 is 2.21 bits per heavy atom. The van der Waals surface area contributed by atoms with Gasteiger partial charge in [0.25, 0.3) is 0 Å². The van der Waals surface area contributed by atoms with Crippen molar-refractivity contribution in [2.24, 2.45) is 5.73 Å². The molecule has 0 saturated heterocycles. The molecule has 3 aromatic rings. The first-order valence-electron chi connectivity index (χ1n) is 10.2. The van der Waals surface area contributed by atoms with Gasteiger partial charge in [0.15, 0.2) is 6.04 Å². The maximum Gasteiger partial charge on any atom is 0.332 e. The number of hydrogen-bond donors (Lipinski definition) is 3. The summed E-state index contributed by atoms with van der Waals surface area (Å²) in [6.07, 6.45) is 0. The molecular formula is C25H28ClN3O4. The minimum atomic E-state index is -0.789. The Balaban J connectivity index is 0.00000385. The van der Waals surface area contributed by atoms with Crippen molar-refractivity contribution in [1.29, 1.82) is 5.41 Å². The predicted molar refractivity (Wildman–Crippen MR) is 131 cm³/mol. The van der Waals surface area contributed by atoms with Gasteiger partial charge in [0, 0.05) is 17.3 Å². The first-order valence-corrected chi connectivity index (χ1v) is 10.2. The van der Waals surface area contributed by atoms with Crippen molar-refractivity contribution >= 4 is 29.9 Å². The fourth-order valence-electron chi connectivity index (χ4n) is 3.14. The molecule has 33 heavy (non-hydrogen) atoms. The molecule has 3 rings (SSSR count). The zero-order valence-corrected chi connectivity index (χ0v) is 19.4. The molecule has 7 nitrogen and oxygen atoms in total. The van der Waals surface area contributed by atoms with Gasteiger partial charge in [-0.25, -0.2) is 4.79 Å². The molecule has 3 aromatic carbocycles. The largest absolute Gasteiger partial charge is 0.494 e. The average Bonchev–Trinajstić information content (AvgIpc) is 2.81. The van der Waals surface area contributed by atoms with Crippen molar-refractivity contribution in [3.05, 3.63) is 89.5 Å².